The van der Waals surface area contributed by atoms with Crippen molar-refractivity contribution in [2.75, 3.05) is 58.4 Å². The van der Waals surface area contributed by atoms with Crippen LogP contribution >= 0.6 is 0 Å². The number of sulfonamides is 1. The molecule has 204 valence electrons. The van der Waals surface area contributed by atoms with Crippen LogP contribution in [0.15, 0.2) is 65.6 Å². The molecule has 39 heavy (non-hydrogen) atoms. The minimum absolute atomic E-state index is 0.279. The van der Waals surface area contributed by atoms with E-state index in [9.17, 15) is 8.42 Å². The predicted octanol–water partition coefficient (Wildman–Crippen LogP) is 4.37. The summed E-state index contributed by atoms with van der Waals surface area (Å²) in [6.07, 6.45) is 1.15. The third-order valence-corrected chi connectivity index (χ3v) is 9.84. The van der Waals surface area contributed by atoms with Crippen LogP contribution in [-0.2, 0) is 14.8 Å². The Labute approximate surface area is 230 Å². The summed E-state index contributed by atoms with van der Waals surface area (Å²) in [5.74, 6) is 0. The number of aromatic amines is 1. The van der Waals surface area contributed by atoms with Crippen LogP contribution in [0.3, 0.4) is 0 Å². The fourth-order valence-electron chi connectivity index (χ4n) is 5.61. The Morgan fingerprint density at radius 2 is 1.64 bits per heavy atom. The number of anilines is 1. The molecule has 4 heterocycles. The minimum atomic E-state index is -3.46. The molecule has 0 saturated carbocycles. The van der Waals surface area contributed by atoms with Crippen LogP contribution in [-0.4, -0.2) is 87.1 Å². The van der Waals surface area contributed by atoms with E-state index in [2.05, 4.69) is 51.2 Å². The molecule has 2 aliphatic rings. The van der Waals surface area contributed by atoms with Crippen molar-refractivity contribution in [1.29, 1.82) is 0 Å². The standard InChI is InChI=1S/C30H35N5O3S/c1-21-27-18-28(23-6-10-26(11-7-23)39(36,37)33(2)3)32-30(27)19-29(31-21)22-4-8-24(9-5-22)34-13-15-35(16-14-34)25-12-17-38-20-25/h4-11,18-19,25,32H,12-17,20H2,1-3H3. The van der Waals surface area contributed by atoms with Gasteiger partial charge in [-0.05, 0) is 55.3 Å². The molecular weight excluding hydrogens is 510 g/mol. The van der Waals surface area contributed by atoms with Gasteiger partial charge in [0.1, 0.15) is 0 Å². The summed E-state index contributed by atoms with van der Waals surface area (Å²) in [6.45, 7) is 8.03. The maximum Gasteiger partial charge on any atom is 0.242 e. The van der Waals surface area contributed by atoms with Crippen molar-refractivity contribution in [3.63, 3.8) is 0 Å². The average molecular weight is 546 g/mol. The van der Waals surface area contributed by atoms with E-state index in [4.69, 9.17) is 9.72 Å². The molecule has 0 bridgehead atoms. The first kappa shape index (κ1) is 26.0. The summed E-state index contributed by atoms with van der Waals surface area (Å²) in [6, 6.07) is 20.5. The van der Waals surface area contributed by atoms with Crippen molar-refractivity contribution in [1.82, 2.24) is 19.2 Å². The molecule has 0 radical (unpaired) electrons. The van der Waals surface area contributed by atoms with Gasteiger partial charge in [0.2, 0.25) is 10.0 Å². The molecule has 9 heteroatoms. The lowest BCUT2D eigenvalue weighted by molar-refractivity contribution is 0.139. The number of nitrogens with zero attached hydrogens (tertiary/aromatic N) is 4. The predicted molar refractivity (Wildman–Crippen MR) is 156 cm³/mol. The minimum Gasteiger partial charge on any atom is -0.380 e. The summed E-state index contributed by atoms with van der Waals surface area (Å²) in [5.41, 5.74) is 7.08. The molecule has 2 saturated heterocycles. The molecule has 1 atom stereocenters. The maximum absolute atomic E-state index is 12.4. The Bertz CT molecular complexity index is 1570. The van der Waals surface area contributed by atoms with Gasteiger partial charge in [-0.25, -0.2) is 12.7 Å². The van der Waals surface area contributed by atoms with Crippen molar-refractivity contribution in [3.8, 4) is 22.5 Å². The van der Waals surface area contributed by atoms with Gasteiger partial charge in [-0.2, -0.15) is 0 Å². The number of hydrogen-bond donors (Lipinski definition) is 1. The number of H-pyrrole nitrogens is 1. The zero-order chi connectivity index (χ0) is 27.1. The fourth-order valence-corrected chi connectivity index (χ4v) is 6.51. The quantitative estimate of drug-likeness (QED) is 0.388. The van der Waals surface area contributed by atoms with Gasteiger partial charge in [0.25, 0.3) is 0 Å². The van der Waals surface area contributed by atoms with Gasteiger partial charge in [-0.3, -0.25) is 9.88 Å². The van der Waals surface area contributed by atoms with E-state index in [-0.39, 0.29) is 4.90 Å². The van der Waals surface area contributed by atoms with Crippen LogP contribution in [0.4, 0.5) is 5.69 Å². The lowest BCUT2D eigenvalue weighted by Crippen LogP contribution is -2.50. The second kappa shape index (κ2) is 10.4. The number of aryl methyl sites for hydroxylation is 1. The SMILES string of the molecule is Cc1nc(-c2ccc(N3CCN(C4CCOC4)CC3)cc2)cc2[nH]c(-c3ccc(S(=O)(=O)N(C)C)cc3)cc12. The number of piperazine rings is 1. The summed E-state index contributed by atoms with van der Waals surface area (Å²) in [4.78, 5) is 13.7. The summed E-state index contributed by atoms with van der Waals surface area (Å²) in [7, 11) is -0.381. The van der Waals surface area contributed by atoms with Gasteiger partial charge in [-0.15, -0.1) is 0 Å². The Morgan fingerprint density at radius 1 is 0.949 bits per heavy atom. The highest BCUT2D eigenvalue weighted by molar-refractivity contribution is 7.89. The van der Waals surface area contributed by atoms with E-state index in [1.165, 1.54) is 24.1 Å². The molecule has 2 fully saturated rings. The Hall–Kier alpha value is -3.24. The third-order valence-electron chi connectivity index (χ3n) is 8.02. The van der Waals surface area contributed by atoms with Gasteiger partial charge < -0.3 is 14.6 Å². The molecule has 0 amide bonds. The number of pyridine rings is 1. The van der Waals surface area contributed by atoms with Crippen LogP contribution in [0.2, 0.25) is 0 Å². The Kier molecular flexibility index (Phi) is 6.93. The summed E-state index contributed by atoms with van der Waals surface area (Å²) < 4.78 is 31.6. The second-order valence-electron chi connectivity index (χ2n) is 10.6. The molecule has 0 aliphatic carbocycles. The first-order chi connectivity index (χ1) is 18.8. The van der Waals surface area contributed by atoms with Gasteiger partial charge in [-0.1, -0.05) is 24.3 Å². The number of rotatable bonds is 6. The molecule has 4 aromatic rings. The highest BCUT2D eigenvalue weighted by Gasteiger charge is 2.27. The third kappa shape index (κ3) is 5.07. The molecule has 8 nitrogen and oxygen atoms in total. The molecule has 2 aromatic heterocycles. The van der Waals surface area contributed by atoms with Gasteiger partial charge in [0.05, 0.1) is 17.2 Å². The zero-order valence-electron chi connectivity index (χ0n) is 22.7. The lowest BCUT2D eigenvalue weighted by atomic mass is 10.1. The van der Waals surface area contributed by atoms with Crippen molar-refractivity contribution in [2.45, 2.75) is 24.3 Å². The smallest absolute Gasteiger partial charge is 0.242 e. The zero-order valence-corrected chi connectivity index (χ0v) is 23.5. The Balaban J connectivity index is 1.19. The summed E-state index contributed by atoms with van der Waals surface area (Å²) in [5, 5.41) is 1.06. The van der Waals surface area contributed by atoms with Gasteiger partial charge in [0.15, 0.2) is 0 Å². The summed E-state index contributed by atoms with van der Waals surface area (Å²) >= 11 is 0. The van der Waals surface area contributed by atoms with Crippen LogP contribution in [0.5, 0.6) is 0 Å². The molecule has 6 rings (SSSR count). The molecule has 0 spiro atoms. The average Bonchev–Trinajstić information content (AvgIpc) is 3.64. The van der Waals surface area contributed by atoms with E-state index >= 15 is 0 Å². The van der Waals surface area contributed by atoms with Crippen molar-refractivity contribution >= 4 is 26.6 Å². The number of nitrogens with one attached hydrogen (secondary N) is 1. The second-order valence-corrected chi connectivity index (χ2v) is 12.8. The number of benzene rings is 2. The molecule has 2 aliphatic heterocycles. The number of ether oxygens (including phenoxy) is 1. The molecule has 2 aromatic carbocycles. The highest BCUT2D eigenvalue weighted by Crippen LogP contribution is 2.31. The van der Waals surface area contributed by atoms with E-state index in [0.29, 0.717) is 6.04 Å². The van der Waals surface area contributed by atoms with Crippen molar-refractivity contribution in [3.05, 3.63) is 66.4 Å². The van der Waals surface area contributed by atoms with Gasteiger partial charge in [0, 0.05) is 86.5 Å². The maximum atomic E-state index is 12.4. The monoisotopic (exact) mass is 545 g/mol. The molecule has 1 N–H and O–H groups in total. The van der Waals surface area contributed by atoms with Gasteiger partial charge >= 0.3 is 0 Å². The van der Waals surface area contributed by atoms with E-state index in [0.717, 1.165) is 84.9 Å². The van der Waals surface area contributed by atoms with E-state index < -0.39 is 10.0 Å². The van der Waals surface area contributed by atoms with E-state index in [1.54, 1.807) is 12.1 Å². The molecular formula is C30H35N5O3S. The Morgan fingerprint density at radius 3 is 2.28 bits per heavy atom. The first-order valence-corrected chi connectivity index (χ1v) is 14.9. The van der Waals surface area contributed by atoms with Crippen LogP contribution in [0.25, 0.3) is 33.4 Å². The van der Waals surface area contributed by atoms with Crippen molar-refractivity contribution < 1.29 is 13.2 Å². The van der Waals surface area contributed by atoms with E-state index in [1.807, 2.05) is 19.1 Å². The number of aromatic nitrogens is 2. The first-order valence-electron chi connectivity index (χ1n) is 13.5. The van der Waals surface area contributed by atoms with Crippen LogP contribution in [0.1, 0.15) is 12.1 Å². The topological polar surface area (TPSA) is 81.8 Å². The number of hydrogen-bond acceptors (Lipinski definition) is 6. The van der Waals surface area contributed by atoms with Crippen molar-refractivity contribution in [2.24, 2.45) is 0 Å². The molecule has 1 unspecified atom stereocenters. The highest BCUT2D eigenvalue weighted by atomic mass is 32.2. The number of fused-ring (bicyclic) bond motifs is 1. The lowest BCUT2D eigenvalue weighted by Gasteiger charge is -2.38. The van der Waals surface area contributed by atoms with Crippen LogP contribution in [0, 0.1) is 6.92 Å². The normalized spacial score (nSPS) is 18.9. The largest absolute Gasteiger partial charge is 0.380 e. The fraction of sp³-hybridized carbons (Fsp3) is 0.367. The van der Waals surface area contributed by atoms with Crippen LogP contribution < -0.4 is 4.90 Å².